The van der Waals surface area contributed by atoms with E-state index in [9.17, 15) is 14.9 Å². The minimum Gasteiger partial charge on any atom is -0.495 e. The van der Waals surface area contributed by atoms with Crippen molar-refractivity contribution in [1.29, 1.82) is 0 Å². The van der Waals surface area contributed by atoms with Gasteiger partial charge in [0, 0.05) is 22.4 Å². The van der Waals surface area contributed by atoms with Gasteiger partial charge in [-0.25, -0.2) is 9.97 Å². The molecule has 28 heavy (non-hydrogen) atoms. The van der Waals surface area contributed by atoms with E-state index in [1.807, 2.05) is 0 Å². The van der Waals surface area contributed by atoms with Gasteiger partial charge in [0.25, 0.3) is 5.69 Å². The van der Waals surface area contributed by atoms with Gasteiger partial charge in [-0.15, -0.1) is 11.3 Å². The average Bonchev–Trinajstić information content (AvgIpc) is 3.27. The number of anilines is 1. The van der Waals surface area contributed by atoms with Crippen LogP contribution < -0.4 is 10.1 Å². The number of rotatable bonds is 6. The van der Waals surface area contributed by atoms with E-state index in [4.69, 9.17) is 4.74 Å². The zero-order chi connectivity index (χ0) is 19.7. The number of nitro groups is 1. The Morgan fingerprint density at radius 3 is 3.04 bits per heavy atom. The first-order chi connectivity index (χ1) is 13.6. The summed E-state index contributed by atoms with van der Waals surface area (Å²) in [6.07, 6.45) is 4.77. The van der Waals surface area contributed by atoms with Crippen LogP contribution in [0.15, 0.2) is 29.6 Å². The molecule has 1 N–H and O–H groups in total. The number of aryl methyl sites for hydroxylation is 2. The van der Waals surface area contributed by atoms with E-state index in [0.29, 0.717) is 5.75 Å². The molecule has 1 aliphatic rings. The smallest absolute Gasteiger partial charge is 0.271 e. The molecule has 0 unspecified atom stereocenters. The number of non-ortho nitro benzene ring substituents is 1. The fraction of sp³-hybridized carbons (Fsp3) is 0.278. The second-order valence-electron chi connectivity index (χ2n) is 6.19. The normalized spacial score (nSPS) is 12.8. The molecule has 1 aliphatic carbocycles. The molecule has 0 saturated carbocycles. The Kier molecular flexibility index (Phi) is 5.14. The Labute approximate surface area is 168 Å². The first kappa shape index (κ1) is 18.6. The van der Waals surface area contributed by atoms with Gasteiger partial charge in [-0.1, -0.05) is 11.8 Å². The van der Waals surface area contributed by atoms with E-state index in [1.54, 1.807) is 11.3 Å². The number of nitrogens with zero attached hydrogens (tertiary/aromatic N) is 3. The molecule has 8 nitrogen and oxygen atoms in total. The van der Waals surface area contributed by atoms with Gasteiger partial charge < -0.3 is 10.1 Å². The summed E-state index contributed by atoms with van der Waals surface area (Å²) in [4.78, 5) is 34.0. The van der Waals surface area contributed by atoms with Crippen LogP contribution in [0.1, 0.15) is 16.9 Å². The third-order valence-corrected chi connectivity index (χ3v) is 6.66. The van der Waals surface area contributed by atoms with Crippen LogP contribution in [0.4, 0.5) is 11.4 Å². The monoisotopic (exact) mass is 416 g/mol. The third-order valence-electron chi connectivity index (χ3n) is 4.47. The summed E-state index contributed by atoms with van der Waals surface area (Å²) in [7, 11) is 1.44. The largest absolute Gasteiger partial charge is 0.495 e. The van der Waals surface area contributed by atoms with Gasteiger partial charge in [-0.3, -0.25) is 14.9 Å². The number of thioether (sulfide) groups is 1. The van der Waals surface area contributed by atoms with Gasteiger partial charge in [0.1, 0.15) is 21.9 Å². The molecule has 1 amide bonds. The van der Waals surface area contributed by atoms with E-state index < -0.39 is 4.92 Å². The fourth-order valence-corrected chi connectivity index (χ4v) is 5.36. The number of amides is 1. The molecule has 0 bridgehead atoms. The number of carbonyl (C=O) groups excluding carboxylic acids is 1. The van der Waals surface area contributed by atoms with Gasteiger partial charge in [-0.05, 0) is 30.9 Å². The van der Waals surface area contributed by atoms with E-state index >= 15 is 0 Å². The molecule has 0 spiro atoms. The maximum absolute atomic E-state index is 12.4. The highest BCUT2D eigenvalue weighted by molar-refractivity contribution is 8.00. The van der Waals surface area contributed by atoms with Crippen molar-refractivity contribution in [3.63, 3.8) is 0 Å². The van der Waals surface area contributed by atoms with Gasteiger partial charge >= 0.3 is 0 Å². The molecule has 0 aliphatic heterocycles. The number of hydrogen-bond acceptors (Lipinski definition) is 8. The Morgan fingerprint density at radius 2 is 2.25 bits per heavy atom. The molecule has 0 atom stereocenters. The van der Waals surface area contributed by atoms with Crippen LogP contribution in [0.2, 0.25) is 0 Å². The lowest BCUT2D eigenvalue weighted by molar-refractivity contribution is -0.384. The number of hydrogen-bond donors (Lipinski definition) is 1. The van der Waals surface area contributed by atoms with Gasteiger partial charge in [-0.2, -0.15) is 0 Å². The molecule has 10 heteroatoms. The quantitative estimate of drug-likeness (QED) is 0.282. The van der Waals surface area contributed by atoms with Crippen LogP contribution in [0, 0.1) is 10.1 Å². The maximum atomic E-state index is 12.4. The zero-order valence-electron chi connectivity index (χ0n) is 14.9. The zero-order valence-corrected chi connectivity index (χ0v) is 16.6. The first-order valence-electron chi connectivity index (χ1n) is 8.57. The third kappa shape index (κ3) is 3.52. The maximum Gasteiger partial charge on any atom is 0.271 e. The van der Waals surface area contributed by atoms with Crippen LogP contribution in [0.3, 0.4) is 0 Å². The Balaban J connectivity index is 1.51. The van der Waals surface area contributed by atoms with Crippen molar-refractivity contribution in [1.82, 2.24) is 9.97 Å². The highest BCUT2D eigenvalue weighted by atomic mass is 32.2. The van der Waals surface area contributed by atoms with Crippen molar-refractivity contribution < 1.29 is 14.5 Å². The van der Waals surface area contributed by atoms with E-state index in [-0.39, 0.29) is 23.0 Å². The average molecular weight is 416 g/mol. The molecule has 0 radical (unpaired) electrons. The second-order valence-corrected chi connectivity index (χ2v) is 8.24. The number of nitrogens with one attached hydrogen (secondary N) is 1. The summed E-state index contributed by atoms with van der Waals surface area (Å²) in [6, 6.07) is 4.08. The van der Waals surface area contributed by atoms with Crippen molar-refractivity contribution in [2.45, 2.75) is 24.3 Å². The van der Waals surface area contributed by atoms with Crippen molar-refractivity contribution in [3.8, 4) is 5.75 Å². The first-order valence-corrected chi connectivity index (χ1v) is 10.4. The van der Waals surface area contributed by atoms with Crippen LogP contribution in [0.25, 0.3) is 10.2 Å². The van der Waals surface area contributed by atoms with E-state index in [1.165, 1.54) is 53.8 Å². The number of aromatic nitrogens is 2. The highest BCUT2D eigenvalue weighted by Gasteiger charge is 2.22. The Bertz CT molecular complexity index is 1080. The molecule has 0 saturated heterocycles. The number of benzene rings is 1. The van der Waals surface area contributed by atoms with Crippen LogP contribution >= 0.6 is 23.1 Å². The summed E-state index contributed by atoms with van der Waals surface area (Å²) in [6.45, 7) is 0. The summed E-state index contributed by atoms with van der Waals surface area (Å²) in [5.41, 5.74) is 1.46. The minimum atomic E-state index is -0.515. The minimum absolute atomic E-state index is 0.116. The van der Waals surface area contributed by atoms with E-state index in [2.05, 4.69) is 15.3 Å². The molecule has 4 rings (SSSR count). The topological polar surface area (TPSA) is 107 Å². The van der Waals surface area contributed by atoms with Crippen molar-refractivity contribution in [2.24, 2.45) is 0 Å². The predicted octanol–water partition coefficient (Wildman–Crippen LogP) is 3.83. The van der Waals surface area contributed by atoms with Crippen LogP contribution in [-0.4, -0.2) is 33.7 Å². The molecule has 2 aromatic heterocycles. The number of fused-ring (bicyclic) bond motifs is 3. The van der Waals surface area contributed by atoms with Crippen molar-refractivity contribution in [3.05, 3.63) is 45.1 Å². The van der Waals surface area contributed by atoms with E-state index in [0.717, 1.165) is 34.5 Å². The van der Waals surface area contributed by atoms with Gasteiger partial charge in [0.15, 0.2) is 0 Å². The van der Waals surface area contributed by atoms with Crippen LogP contribution in [0.5, 0.6) is 5.75 Å². The number of ether oxygens (including phenoxy) is 1. The number of nitro benzene ring substituents is 1. The molecular weight excluding hydrogens is 400 g/mol. The van der Waals surface area contributed by atoms with Crippen molar-refractivity contribution in [2.75, 3.05) is 18.2 Å². The van der Waals surface area contributed by atoms with Crippen molar-refractivity contribution >= 4 is 50.6 Å². The lowest BCUT2D eigenvalue weighted by atomic mass is 10.2. The standard InChI is InChI=1S/C18H16N4O4S2/c1-26-13-6-5-10(22(24)25)7-12(13)21-15(23)8-27-17-16-11-3-2-4-14(11)28-18(16)20-9-19-17/h5-7,9H,2-4,8H2,1H3,(H,21,23). The number of thiophene rings is 1. The Hall–Kier alpha value is -2.72. The second kappa shape index (κ2) is 7.72. The van der Waals surface area contributed by atoms with Gasteiger partial charge in [0.2, 0.25) is 5.91 Å². The predicted molar refractivity (Wildman–Crippen MR) is 108 cm³/mol. The number of methoxy groups -OCH3 is 1. The lowest BCUT2D eigenvalue weighted by Gasteiger charge is -2.10. The molecule has 1 aromatic carbocycles. The molecule has 2 heterocycles. The van der Waals surface area contributed by atoms with Gasteiger partial charge in [0.05, 0.1) is 23.5 Å². The van der Waals surface area contributed by atoms with Crippen LogP contribution in [-0.2, 0) is 17.6 Å². The summed E-state index contributed by atoms with van der Waals surface area (Å²) >= 11 is 3.04. The SMILES string of the molecule is COc1ccc([N+](=O)[O-])cc1NC(=O)CSc1ncnc2sc3c(c12)CCC3. The molecule has 0 fully saturated rings. The summed E-state index contributed by atoms with van der Waals surface area (Å²) < 4.78 is 5.18. The molecule has 3 aromatic rings. The highest BCUT2D eigenvalue weighted by Crippen LogP contribution is 2.40. The molecule has 144 valence electrons. The number of carbonyl (C=O) groups is 1. The summed E-state index contributed by atoms with van der Waals surface area (Å²) in [5, 5.41) is 15.5. The lowest BCUT2D eigenvalue weighted by Crippen LogP contribution is -2.15. The fourth-order valence-electron chi connectivity index (χ4n) is 3.24. The Morgan fingerprint density at radius 1 is 1.39 bits per heavy atom. The summed E-state index contributed by atoms with van der Waals surface area (Å²) in [5.74, 6) is 0.203. The molecular formula is C18H16N4O4S2.